The van der Waals surface area contributed by atoms with Crippen LogP contribution in [0.1, 0.15) is 30.7 Å². The van der Waals surface area contributed by atoms with Gasteiger partial charge in [-0.3, -0.25) is 0 Å². The number of rotatable bonds is 6. The fourth-order valence-corrected chi connectivity index (χ4v) is 1.94. The van der Waals surface area contributed by atoms with Gasteiger partial charge in [0.15, 0.2) is 5.76 Å². The van der Waals surface area contributed by atoms with Crippen molar-refractivity contribution in [3.63, 3.8) is 0 Å². The predicted octanol–water partition coefficient (Wildman–Crippen LogP) is 2.92. The molecule has 2 aromatic rings. The summed E-state index contributed by atoms with van der Waals surface area (Å²) in [4.78, 5) is 0. The Hall–Kier alpha value is -1.81. The van der Waals surface area contributed by atoms with Gasteiger partial charge in [0, 0.05) is 17.7 Å². The molecule has 0 bridgehead atoms. The van der Waals surface area contributed by atoms with Crippen LogP contribution < -0.4 is 10.1 Å². The first-order valence-electron chi connectivity index (χ1n) is 6.13. The van der Waals surface area contributed by atoms with Crippen molar-refractivity contribution < 1.29 is 9.26 Å². The molecule has 0 aliphatic heterocycles. The number of hydrogen-bond acceptors (Lipinski definition) is 4. The summed E-state index contributed by atoms with van der Waals surface area (Å²) >= 11 is 0. The lowest BCUT2D eigenvalue weighted by Gasteiger charge is -2.18. The number of para-hydroxylation sites is 1. The molecule has 1 aromatic heterocycles. The number of nitrogens with zero attached hydrogens (tertiary/aromatic N) is 1. The minimum Gasteiger partial charge on any atom is -0.485 e. The third kappa shape index (κ3) is 2.90. The summed E-state index contributed by atoms with van der Waals surface area (Å²) in [5.41, 5.74) is 1.17. The number of nitrogens with one attached hydrogen (secondary N) is 1. The zero-order chi connectivity index (χ0) is 12.8. The Bertz CT molecular complexity index is 464. The van der Waals surface area contributed by atoms with Crippen molar-refractivity contribution in [3.8, 4) is 5.75 Å². The van der Waals surface area contributed by atoms with Crippen LogP contribution in [0.15, 0.2) is 41.1 Å². The summed E-state index contributed by atoms with van der Waals surface area (Å²) < 4.78 is 10.8. The van der Waals surface area contributed by atoms with Gasteiger partial charge in [0.05, 0.1) is 6.20 Å². The van der Waals surface area contributed by atoms with Crippen LogP contribution in [0.2, 0.25) is 0 Å². The number of aromatic nitrogens is 1. The van der Waals surface area contributed by atoms with Gasteiger partial charge in [-0.2, -0.15) is 0 Å². The molecule has 0 amide bonds. The summed E-state index contributed by atoms with van der Waals surface area (Å²) in [7, 11) is 1.96. The number of benzene rings is 1. The van der Waals surface area contributed by atoms with Crippen LogP contribution >= 0.6 is 0 Å². The van der Waals surface area contributed by atoms with E-state index in [9.17, 15) is 0 Å². The van der Waals surface area contributed by atoms with E-state index >= 15 is 0 Å². The van der Waals surface area contributed by atoms with Crippen molar-refractivity contribution in [2.24, 2.45) is 0 Å². The molecule has 1 heterocycles. The SMILES string of the molecule is CCC(NC)c1ccccc1OCc1ccno1. The van der Waals surface area contributed by atoms with Crippen molar-refractivity contribution >= 4 is 0 Å². The first-order valence-corrected chi connectivity index (χ1v) is 6.13. The van der Waals surface area contributed by atoms with Gasteiger partial charge in [-0.05, 0) is 19.5 Å². The van der Waals surface area contributed by atoms with Gasteiger partial charge in [0.1, 0.15) is 12.4 Å². The van der Waals surface area contributed by atoms with Crippen molar-refractivity contribution in [2.75, 3.05) is 7.05 Å². The third-order valence-electron chi connectivity index (χ3n) is 2.91. The molecular formula is C14H18N2O2. The van der Waals surface area contributed by atoms with Crippen LogP contribution in [0, 0.1) is 0 Å². The van der Waals surface area contributed by atoms with Crippen molar-refractivity contribution in [3.05, 3.63) is 47.9 Å². The van der Waals surface area contributed by atoms with Crippen molar-refractivity contribution in [2.45, 2.75) is 26.0 Å². The molecule has 18 heavy (non-hydrogen) atoms. The molecule has 0 fully saturated rings. The molecule has 0 saturated heterocycles. The van der Waals surface area contributed by atoms with Crippen molar-refractivity contribution in [1.29, 1.82) is 0 Å². The Balaban J connectivity index is 2.12. The average molecular weight is 246 g/mol. The highest BCUT2D eigenvalue weighted by molar-refractivity contribution is 5.35. The zero-order valence-corrected chi connectivity index (χ0v) is 10.7. The van der Waals surface area contributed by atoms with Gasteiger partial charge in [-0.25, -0.2) is 0 Å². The monoisotopic (exact) mass is 246 g/mol. The van der Waals surface area contributed by atoms with Gasteiger partial charge in [0.2, 0.25) is 0 Å². The van der Waals surface area contributed by atoms with E-state index in [0.717, 1.165) is 17.9 Å². The smallest absolute Gasteiger partial charge is 0.174 e. The summed E-state index contributed by atoms with van der Waals surface area (Å²) in [5.74, 6) is 1.61. The second-order valence-electron chi connectivity index (χ2n) is 4.05. The molecule has 4 nitrogen and oxygen atoms in total. The Morgan fingerprint density at radius 3 is 2.83 bits per heavy atom. The molecular weight excluding hydrogens is 228 g/mol. The molecule has 0 aliphatic carbocycles. The lowest BCUT2D eigenvalue weighted by atomic mass is 10.0. The van der Waals surface area contributed by atoms with Crippen LogP contribution in [0.4, 0.5) is 0 Å². The lowest BCUT2D eigenvalue weighted by molar-refractivity contribution is 0.245. The fraction of sp³-hybridized carbons (Fsp3) is 0.357. The lowest BCUT2D eigenvalue weighted by Crippen LogP contribution is -2.16. The van der Waals surface area contributed by atoms with E-state index in [-0.39, 0.29) is 0 Å². The maximum absolute atomic E-state index is 5.79. The summed E-state index contributed by atoms with van der Waals surface area (Å²) in [6.45, 7) is 2.55. The molecule has 4 heteroatoms. The molecule has 0 spiro atoms. The van der Waals surface area contributed by atoms with Gasteiger partial charge in [0.25, 0.3) is 0 Å². The van der Waals surface area contributed by atoms with E-state index in [1.165, 1.54) is 5.56 Å². The van der Waals surface area contributed by atoms with Gasteiger partial charge in [-0.1, -0.05) is 30.3 Å². The highest BCUT2D eigenvalue weighted by atomic mass is 16.5. The second-order valence-corrected chi connectivity index (χ2v) is 4.05. The minimum atomic E-state index is 0.302. The first kappa shape index (κ1) is 12.6. The van der Waals surface area contributed by atoms with E-state index in [0.29, 0.717) is 12.6 Å². The van der Waals surface area contributed by atoms with Crippen LogP contribution in [0.3, 0.4) is 0 Å². The van der Waals surface area contributed by atoms with Gasteiger partial charge >= 0.3 is 0 Å². The van der Waals surface area contributed by atoms with Crippen molar-refractivity contribution in [1.82, 2.24) is 10.5 Å². The average Bonchev–Trinajstić information content (AvgIpc) is 2.92. The summed E-state index contributed by atoms with van der Waals surface area (Å²) in [6.07, 6.45) is 2.63. The third-order valence-corrected chi connectivity index (χ3v) is 2.91. The van der Waals surface area contributed by atoms with Crippen LogP contribution in [0.5, 0.6) is 5.75 Å². The summed E-state index contributed by atoms with van der Waals surface area (Å²) in [5, 5.41) is 6.94. The molecule has 1 unspecified atom stereocenters. The Kier molecular flexibility index (Phi) is 4.36. The number of ether oxygens (including phenoxy) is 1. The van der Waals surface area contributed by atoms with Gasteiger partial charge in [-0.15, -0.1) is 0 Å². The predicted molar refractivity (Wildman–Crippen MR) is 69.4 cm³/mol. The fourth-order valence-electron chi connectivity index (χ4n) is 1.94. The van der Waals surface area contributed by atoms with E-state index in [4.69, 9.17) is 9.26 Å². The first-order chi connectivity index (χ1) is 8.85. The molecule has 0 radical (unpaired) electrons. The van der Waals surface area contributed by atoms with E-state index < -0.39 is 0 Å². The van der Waals surface area contributed by atoms with E-state index in [2.05, 4.69) is 23.5 Å². The largest absolute Gasteiger partial charge is 0.485 e. The molecule has 0 saturated carbocycles. The van der Waals surface area contributed by atoms with E-state index in [1.807, 2.05) is 25.2 Å². The molecule has 96 valence electrons. The highest BCUT2D eigenvalue weighted by Crippen LogP contribution is 2.27. The zero-order valence-electron chi connectivity index (χ0n) is 10.7. The molecule has 1 N–H and O–H groups in total. The summed E-state index contributed by atoms with van der Waals surface area (Å²) in [6, 6.07) is 10.2. The standard InChI is InChI=1S/C14H18N2O2/c1-3-13(15-2)12-6-4-5-7-14(12)17-10-11-8-9-16-18-11/h4-9,13,15H,3,10H2,1-2H3. The van der Waals surface area contributed by atoms with Crippen LogP contribution in [-0.4, -0.2) is 12.2 Å². The van der Waals surface area contributed by atoms with Crippen LogP contribution in [0.25, 0.3) is 0 Å². The maximum atomic E-state index is 5.79. The highest BCUT2D eigenvalue weighted by Gasteiger charge is 2.12. The molecule has 2 rings (SSSR count). The topological polar surface area (TPSA) is 47.3 Å². The second kappa shape index (κ2) is 6.21. The normalized spacial score (nSPS) is 12.3. The van der Waals surface area contributed by atoms with E-state index in [1.54, 1.807) is 12.3 Å². The molecule has 1 aromatic carbocycles. The quantitative estimate of drug-likeness (QED) is 0.851. The number of hydrogen-bond donors (Lipinski definition) is 1. The minimum absolute atomic E-state index is 0.302. The Morgan fingerprint density at radius 2 is 2.17 bits per heavy atom. The molecule has 0 aliphatic rings. The van der Waals surface area contributed by atoms with Crippen LogP contribution in [-0.2, 0) is 6.61 Å². The Labute approximate surface area is 107 Å². The maximum Gasteiger partial charge on any atom is 0.174 e. The Morgan fingerprint density at radius 1 is 1.33 bits per heavy atom. The van der Waals surface area contributed by atoms with Gasteiger partial charge < -0.3 is 14.6 Å². The molecule has 1 atom stereocenters.